The van der Waals surface area contributed by atoms with E-state index in [0.29, 0.717) is 11.6 Å². The molecule has 0 atom stereocenters. The van der Waals surface area contributed by atoms with E-state index >= 15 is 0 Å². The van der Waals surface area contributed by atoms with Crippen LogP contribution in [0.25, 0.3) is 0 Å². The summed E-state index contributed by atoms with van der Waals surface area (Å²) in [5, 5.41) is 8.95. The highest BCUT2D eigenvalue weighted by atomic mass is 16.5. The predicted molar refractivity (Wildman–Crippen MR) is 58.8 cm³/mol. The number of rotatable bonds is 3. The van der Waals surface area contributed by atoms with Crippen molar-refractivity contribution in [3.63, 3.8) is 0 Å². The fourth-order valence-corrected chi connectivity index (χ4v) is 1.84. The van der Waals surface area contributed by atoms with Crippen LogP contribution in [0.5, 0.6) is 5.88 Å². The number of aromatic nitrogens is 1. The van der Waals surface area contributed by atoms with Crippen molar-refractivity contribution < 1.29 is 14.6 Å². The quantitative estimate of drug-likeness (QED) is 0.811. The van der Waals surface area contributed by atoms with E-state index < -0.39 is 5.97 Å². The lowest BCUT2D eigenvalue weighted by molar-refractivity contribution is 0.0692. The smallest absolute Gasteiger partial charge is 0.341 e. The highest BCUT2D eigenvalue weighted by Crippen LogP contribution is 2.39. The Labute approximate surface area is 93.2 Å². The maximum absolute atomic E-state index is 10.9. The number of nitrogens with zero attached hydrogens (tertiary/aromatic N) is 1. The van der Waals surface area contributed by atoms with Gasteiger partial charge in [0.15, 0.2) is 0 Å². The summed E-state index contributed by atoms with van der Waals surface area (Å²) in [5.74, 6) is -0.573. The van der Waals surface area contributed by atoms with E-state index in [1.165, 1.54) is 19.6 Å². The minimum absolute atomic E-state index is 0.0167. The molecule has 0 saturated heterocycles. The molecule has 2 rings (SSSR count). The molecule has 0 aliphatic heterocycles. The third kappa shape index (κ3) is 1.68. The number of aromatic carboxylic acids is 1. The Morgan fingerprint density at radius 2 is 2.31 bits per heavy atom. The van der Waals surface area contributed by atoms with Crippen molar-refractivity contribution in [2.24, 2.45) is 0 Å². The first-order valence-corrected chi connectivity index (χ1v) is 5.21. The minimum atomic E-state index is -1.07. The number of carbonyl (C=O) groups is 1. The second-order valence-corrected chi connectivity index (χ2v) is 3.95. The highest BCUT2D eigenvalue weighted by molar-refractivity contribution is 5.91. The Morgan fingerprint density at radius 3 is 2.75 bits per heavy atom. The third-order valence-electron chi connectivity index (χ3n) is 2.96. The van der Waals surface area contributed by atoms with Crippen LogP contribution in [0, 0.1) is 0 Å². The van der Waals surface area contributed by atoms with Gasteiger partial charge in [-0.2, -0.15) is 0 Å². The molecule has 1 aromatic heterocycles. The zero-order valence-corrected chi connectivity index (χ0v) is 9.06. The summed E-state index contributed by atoms with van der Waals surface area (Å²) in [7, 11) is 1.41. The first-order chi connectivity index (χ1) is 7.63. The van der Waals surface area contributed by atoms with Crippen LogP contribution in [0.3, 0.4) is 0 Å². The summed E-state index contributed by atoms with van der Waals surface area (Å²) >= 11 is 0. The molecule has 5 heteroatoms. The minimum Gasteiger partial charge on any atom is -0.480 e. The Hall–Kier alpha value is -1.78. The number of methoxy groups -OCH3 is 1. The molecule has 0 amide bonds. The molecule has 1 aliphatic carbocycles. The number of ether oxygens (including phenoxy) is 1. The molecule has 1 heterocycles. The molecule has 0 bridgehead atoms. The van der Waals surface area contributed by atoms with Gasteiger partial charge in [-0.05, 0) is 18.9 Å². The largest absolute Gasteiger partial charge is 0.480 e. The molecule has 1 aliphatic rings. The molecule has 1 aromatic rings. The van der Waals surface area contributed by atoms with Gasteiger partial charge in [-0.15, -0.1) is 0 Å². The van der Waals surface area contributed by atoms with Crippen molar-refractivity contribution >= 4 is 11.7 Å². The molecule has 0 unspecified atom stereocenters. The highest BCUT2D eigenvalue weighted by Gasteiger charge is 2.25. The molecule has 0 spiro atoms. The average Bonchev–Trinajstić information content (AvgIpc) is 2.17. The molecule has 0 radical (unpaired) electrons. The average molecular weight is 222 g/mol. The Kier molecular flexibility index (Phi) is 2.68. The summed E-state index contributed by atoms with van der Waals surface area (Å²) in [6.07, 6.45) is 3.30. The van der Waals surface area contributed by atoms with E-state index in [9.17, 15) is 4.79 Å². The van der Waals surface area contributed by atoms with Crippen LogP contribution >= 0.6 is 0 Å². The number of anilines is 1. The second-order valence-electron chi connectivity index (χ2n) is 3.95. The Morgan fingerprint density at radius 1 is 1.62 bits per heavy atom. The van der Waals surface area contributed by atoms with Crippen LogP contribution in [0.2, 0.25) is 0 Å². The van der Waals surface area contributed by atoms with Gasteiger partial charge in [0.1, 0.15) is 5.56 Å². The summed E-state index contributed by atoms with van der Waals surface area (Å²) in [6, 6.07) is 1.43. The number of carboxylic acids is 1. The number of hydrogen-bond donors (Lipinski definition) is 2. The number of nitrogens with two attached hydrogens (primary N) is 1. The van der Waals surface area contributed by atoms with Gasteiger partial charge in [0.25, 0.3) is 0 Å². The van der Waals surface area contributed by atoms with Crippen LogP contribution in [-0.4, -0.2) is 23.2 Å². The molecule has 1 saturated carbocycles. The van der Waals surface area contributed by atoms with Crippen LogP contribution in [0.1, 0.15) is 41.2 Å². The van der Waals surface area contributed by atoms with E-state index in [0.717, 1.165) is 18.5 Å². The van der Waals surface area contributed by atoms with Crippen LogP contribution in [-0.2, 0) is 0 Å². The van der Waals surface area contributed by atoms with Crippen LogP contribution < -0.4 is 10.5 Å². The number of carboxylic acid groups (broad SMARTS) is 1. The van der Waals surface area contributed by atoms with Crippen LogP contribution in [0.4, 0.5) is 5.69 Å². The molecule has 16 heavy (non-hydrogen) atoms. The van der Waals surface area contributed by atoms with Gasteiger partial charge in [-0.1, -0.05) is 6.42 Å². The van der Waals surface area contributed by atoms with Gasteiger partial charge >= 0.3 is 5.97 Å². The SMILES string of the molecule is COc1nc(C2CCC2)c(N)cc1C(=O)O. The third-order valence-corrected chi connectivity index (χ3v) is 2.96. The lowest BCUT2D eigenvalue weighted by atomic mass is 9.82. The Bertz CT molecular complexity index is 427. The van der Waals surface area contributed by atoms with Gasteiger partial charge in [0.2, 0.25) is 5.88 Å². The number of nitrogen functional groups attached to an aromatic ring is 1. The molecule has 1 fully saturated rings. The number of hydrogen-bond acceptors (Lipinski definition) is 4. The summed E-state index contributed by atoms with van der Waals surface area (Å²) in [6.45, 7) is 0. The van der Waals surface area contributed by atoms with E-state index in [1.54, 1.807) is 0 Å². The van der Waals surface area contributed by atoms with Crippen molar-refractivity contribution in [2.45, 2.75) is 25.2 Å². The maximum atomic E-state index is 10.9. The molecular weight excluding hydrogens is 208 g/mol. The van der Waals surface area contributed by atoms with Crippen LogP contribution in [0.15, 0.2) is 6.07 Å². The summed E-state index contributed by atoms with van der Waals surface area (Å²) in [4.78, 5) is 15.1. The molecule has 3 N–H and O–H groups in total. The predicted octanol–water partition coefficient (Wildman–Crippen LogP) is 1.64. The van der Waals surface area contributed by atoms with E-state index in [4.69, 9.17) is 15.6 Å². The topological polar surface area (TPSA) is 85.4 Å². The van der Waals surface area contributed by atoms with Gasteiger partial charge in [-0.3, -0.25) is 0 Å². The van der Waals surface area contributed by atoms with Crippen molar-refractivity contribution in [1.29, 1.82) is 0 Å². The normalized spacial score (nSPS) is 15.6. The fraction of sp³-hybridized carbons (Fsp3) is 0.455. The van der Waals surface area contributed by atoms with Crippen molar-refractivity contribution in [2.75, 3.05) is 12.8 Å². The van der Waals surface area contributed by atoms with Crippen molar-refractivity contribution in [3.05, 3.63) is 17.3 Å². The maximum Gasteiger partial charge on any atom is 0.341 e. The van der Waals surface area contributed by atoms with Gasteiger partial charge in [0.05, 0.1) is 18.5 Å². The lowest BCUT2D eigenvalue weighted by Crippen LogP contribution is -2.15. The van der Waals surface area contributed by atoms with Gasteiger partial charge in [0, 0.05) is 5.92 Å². The van der Waals surface area contributed by atoms with Crippen molar-refractivity contribution in [1.82, 2.24) is 4.98 Å². The molecule has 0 aromatic carbocycles. The first-order valence-electron chi connectivity index (χ1n) is 5.21. The second kappa shape index (κ2) is 4.00. The molecule has 86 valence electrons. The monoisotopic (exact) mass is 222 g/mol. The summed E-state index contributed by atoms with van der Waals surface area (Å²) in [5.41, 5.74) is 7.05. The lowest BCUT2D eigenvalue weighted by Gasteiger charge is -2.26. The first kappa shape index (κ1) is 10.7. The molecule has 5 nitrogen and oxygen atoms in total. The summed E-state index contributed by atoms with van der Waals surface area (Å²) < 4.78 is 4.97. The van der Waals surface area contributed by atoms with Gasteiger partial charge < -0.3 is 15.6 Å². The van der Waals surface area contributed by atoms with Gasteiger partial charge in [-0.25, -0.2) is 9.78 Å². The Balaban J connectivity index is 2.45. The fourth-order valence-electron chi connectivity index (χ4n) is 1.84. The number of pyridine rings is 1. The van der Waals surface area contributed by atoms with E-state index in [-0.39, 0.29) is 11.4 Å². The van der Waals surface area contributed by atoms with E-state index in [1.807, 2.05) is 0 Å². The zero-order valence-electron chi connectivity index (χ0n) is 9.06. The van der Waals surface area contributed by atoms with E-state index in [2.05, 4.69) is 4.98 Å². The standard InChI is InChI=1S/C11H14N2O3/c1-16-10-7(11(14)15)5-8(12)9(13-10)6-3-2-4-6/h5-6H,2-4,12H2,1H3,(H,14,15). The molecular formula is C11H14N2O3. The zero-order chi connectivity index (χ0) is 11.7. The van der Waals surface area contributed by atoms with Crippen molar-refractivity contribution in [3.8, 4) is 5.88 Å².